The monoisotopic (exact) mass is 426 g/mol. The first-order chi connectivity index (χ1) is 15.2. The maximum absolute atomic E-state index is 10.7. The van der Waals surface area contributed by atoms with E-state index >= 15 is 0 Å². The molecule has 0 saturated heterocycles. The maximum Gasteiger partial charge on any atom is 0.213 e. The van der Waals surface area contributed by atoms with E-state index in [1.807, 2.05) is 0 Å². The van der Waals surface area contributed by atoms with Crippen molar-refractivity contribution in [1.82, 2.24) is 10.7 Å². The summed E-state index contributed by atoms with van der Waals surface area (Å²) in [6.07, 6.45) is 12.6. The molecule has 5 atom stereocenters. The quantitative estimate of drug-likeness (QED) is 0.397. The number of rotatable bonds is 7. The minimum Gasteiger partial charge on any atom is -0.356 e. The summed E-state index contributed by atoms with van der Waals surface area (Å²) in [6, 6.07) is 8.39. The van der Waals surface area contributed by atoms with Gasteiger partial charge in [-0.05, 0) is 55.1 Å². The zero-order chi connectivity index (χ0) is 21.5. The second-order valence-electron chi connectivity index (χ2n) is 9.27. The van der Waals surface area contributed by atoms with E-state index in [1.165, 1.54) is 19.3 Å². The molecule has 2 aliphatic carbocycles. The van der Waals surface area contributed by atoms with Crippen LogP contribution in [-0.2, 0) is 11.3 Å². The van der Waals surface area contributed by atoms with Crippen molar-refractivity contribution < 1.29 is 9.84 Å². The van der Waals surface area contributed by atoms with E-state index in [2.05, 4.69) is 47.2 Å². The molecular weight excluding hydrogens is 388 g/mol. The lowest BCUT2D eigenvalue weighted by Gasteiger charge is -2.39. The van der Waals surface area contributed by atoms with Crippen LogP contribution in [-0.4, -0.2) is 36.4 Å². The molecule has 6 heteroatoms. The Balaban J connectivity index is 1.47. The molecule has 1 aromatic rings. The molecule has 3 aliphatic rings. The Labute approximate surface area is 186 Å². The largest absolute Gasteiger partial charge is 0.356 e. The molecule has 1 saturated carbocycles. The summed E-state index contributed by atoms with van der Waals surface area (Å²) in [4.78, 5) is 0. The van der Waals surface area contributed by atoms with Crippen molar-refractivity contribution in [1.29, 1.82) is 0 Å². The summed E-state index contributed by atoms with van der Waals surface area (Å²) in [6.45, 7) is 2.19. The first kappa shape index (κ1) is 22.5. The van der Waals surface area contributed by atoms with Gasteiger partial charge in [0.1, 0.15) is 0 Å². The first-order valence-corrected chi connectivity index (χ1v) is 12.1. The van der Waals surface area contributed by atoms with Gasteiger partial charge >= 0.3 is 0 Å². The van der Waals surface area contributed by atoms with Gasteiger partial charge < -0.3 is 21.0 Å². The van der Waals surface area contributed by atoms with E-state index < -0.39 is 6.41 Å². The van der Waals surface area contributed by atoms with Gasteiger partial charge in [0.25, 0.3) is 0 Å². The number of hydrazone groups is 1. The fourth-order valence-electron chi connectivity index (χ4n) is 5.29. The third-order valence-corrected chi connectivity index (χ3v) is 7.09. The molecule has 6 nitrogen and oxygen atoms in total. The van der Waals surface area contributed by atoms with Crippen LogP contribution in [0.4, 0.5) is 0 Å². The molecule has 4 rings (SSSR count). The van der Waals surface area contributed by atoms with Gasteiger partial charge in [-0.2, -0.15) is 5.10 Å². The normalized spacial score (nSPS) is 29.8. The molecule has 0 aromatic heterocycles. The molecule has 0 amide bonds. The van der Waals surface area contributed by atoms with Crippen molar-refractivity contribution in [2.75, 3.05) is 13.1 Å². The number of ether oxygens (including phenoxy) is 1. The number of benzene rings is 1. The molecule has 5 N–H and O–H groups in total. The summed E-state index contributed by atoms with van der Waals surface area (Å²) in [5.41, 5.74) is 12.3. The number of aliphatic hydroxyl groups is 1. The van der Waals surface area contributed by atoms with Crippen LogP contribution >= 0.6 is 0 Å². The van der Waals surface area contributed by atoms with Gasteiger partial charge in [-0.3, -0.25) is 5.32 Å². The Hall–Kier alpha value is -1.73. The fraction of sp³-hybridized carbons (Fsp3) is 0.640. The van der Waals surface area contributed by atoms with Crippen LogP contribution < -0.4 is 16.5 Å². The predicted molar refractivity (Wildman–Crippen MR) is 124 cm³/mol. The highest BCUT2D eigenvalue weighted by Crippen LogP contribution is 2.35. The number of aliphatic hydroxyl groups excluding tert-OH is 1. The number of hydrogen-bond acceptors (Lipinski definition) is 6. The summed E-state index contributed by atoms with van der Waals surface area (Å²) < 4.78 is 6.28. The van der Waals surface area contributed by atoms with Gasteiger partial charge in [-0.15, -0.1) is 0 Å². The average molecular weight is 427 g/mol. The van der Waals surface area contributed by atoms with Crippen LogP contribution in [0.5, 0.6) is 0 Å². The standard InChI is InChI=1S/C25H38N4O2/c26-15-18-11-13-20(14-12-18)24-23-21(17-28-29-24)9-5-2-6-10-22(23)31-25(30)27-16-19-7-3-1-4-8-19/h1,3,11-14,19,21-23,25,27-28,30H,2,4-10,15-17,26H2. The van der Waals surface area contributed by atoms with Gasteiger partial charge in [0.05, 0.1) is 11.8 Å². The average Bonchev–Trinajstić information content (AvgIpc) is 2.81. The Bertz CT molecular complexity index is 748. The second-order valence-corrected chi connectivity index (χ2v) is 9.27. The third kappa shape index (κ3) is 5.95. The Morgan fingerprint density at radius 2 is 1.97 bits per heavy atom. The number of allylic oxidation sites excluding steroid dienone is 2. The van der Waals surface area contributed by atoms with E-state index in [1.54, 1.807) is 0 Å². The maximum atomic E-state index is 10.7. The SMILES string of the molecule is NCc1ccc(C2=NNCC3CCCCCC(OC(O)NCC4CC=CCC4)C23)cc1. The van der Waals surface area contributed by atoms with Gasteiger partial charge in [0.15, 0.2) is 0 Å². The zero-order valence-corrected chi connectivity index (χ0v) is 18.5. The van der Waals surface area contributed by atoms with Gasteiger partial charge in [0, 0.05) is 25.6 Å². The van der Waals surface area contributed by atoms with Crippen molar-refractivity contribution >= 4 is 5.71 Å². The van der Waals surface area contributed by atoms with E-state index in [-0.39, 0.29) is 12.0 Å². The molecule has 5 unspecified atom stereocenters. The predicted octanol–water partition coefficient (Wildman–Crippen LogP) is 3.26. The lowest BCUT2D eigenvalue weighted by molar-refractivity contribution is -0.170. The van der Waals surface area contributed by atoms with E-state index in [0.717, 1.165) is 62.0 Å². The minimum atomic E-state index is -0.938. The Morgan fingerprint density at radius 3 is 2.74 bits per heavy atom. The van der Waals surface area contributed by atoms with Gasteiger partial charge in [0.2, 0.25) is 6.41 Å². The van der Waals surface area contributed by atoms with Crippen LogP contribution in [0.2, 0.25) is 0 Å². The molecule has 1 aliphatic heterocycles. The molecule has 31 heavy (non-hydrogen) atoms. The van der Waals surface area contributed by atoms with Crippen LogP contribution in [0.15, 0.2) is 41.5 Å². The third-order valence-electron chi connectivity index (χ3n) is 7.09. The summed E-state index contributed by atoms with van der Waals surface area (Å²) >= 11 is 0. The molecule has 0 spiro atoms. The number of fused-ring (bicyclic) bond motifs is 1. The first-order valence-electron chi connectivity index (χ1n) is 12.1. The van der Waals surface area contributed by atoms with Crippen molar-refractivity contribution in [3.8, 4) is 0 Å². The van der Waals surface area contributed by atoms with Crippen LogP contribution in [0.25, 0.3) is 0 Å². The minimum absolute atomic E-state index is 0.0471. The smallest absolute Gasteiger partial charge is 0.213 e. The van der Waals surface area contributed by atoms with Gasteiger partial charge in [-0.1, -0.05) is 55.7 Å². The summed E-state index contributed by atoms with van der Waals surface area (Å²) in [5.74, 6) is 1.22. The van der Waals surface area contributed by atoms with E-state index in [4.69, 9.17) is 15.6 Å². The van der Waals surface area contributed by atoms with Crippen LogP contribution in [0, 0.1) is 17.8 Å². The molecule has 1 aromatic carbocycles. The molecule has 1 heterocycles. The molecule has 0 bridgehead atoms. The zero-order valence-electron chi connectivity index (χ0n) is 18.5. The molecule has 170 valence electrons. The number of nitrogens with zero attached hydrogens (tertiary/aromatic N) is 1. The van der Waals surface area contributed by atoms with Crippen molar-refractivity contribution in [3.63, 3.8) is 0 Å². The highest BCUT2D eigenvalue weighted by molar-refractivity contribution is 6.03. The van der Waals surface area contributed by atoms with Crippen molar-refractivity contribution in [3.05, 3.63) is 47.5 Å². The number of nitrogens with one attached hydrogen (secondary N) is 2. The van der Waals surface area contributed by atoms with Crippen molar-refractivity contribution in [2.45, 2.75) is 70.4 Å². The Kier molecular flexibility index (Phi) is 8.14. The Morgan fingerprint density at radius 1 is 1.13 bits per heavy atom. The van der Waals surface area contributed by atoms with E-state index in [0.29, 0.717) is 18.4 Å². The van der Waals surface area contributed by atoms with E-state index in [9.17, 15) is 5.11 Å². The summed E-state index contributed by atoms with van der Waals surface area (Å²) in [7, 11) is 0. The highest BCUT2D eigenvalue weighted by Gasteiger charge is 2.38. The van der Waals surface area contributed by atoms with Gasteiger partial charge in [-0.25, -0.2) is 0 Å². The molecule has 0 radical (unpaired) electrons. The van der Waals surface area contributed by atoms with Crippen molar-refractivity contribution in [2.24, 2.45) is 28.6 Å². The molecular formula is C25H38N4O2. The summed E-state index contributed by atoms with van der Waals surface area (Å²) in [5, 5.41) is 18.7. The highest BCUT2D eigenvalue weighted by atomic mass is 16.6. The number of hydrogen-bond donors (Lipinski definition) is 4. The topological polar surface area (TPSA) is 91.9 Å². The lowest BCUT2D eigenvalue weighted by Crippen LogP contribution is -2.48. The second kappa shape index (κ2) is 11.2. The molecule has 1 fully saturated rings. The lowest BCUT2D eigenvalue weighted by atomic mass is 9.74. The number of nitrogens with two attached hydrogens (primary N) is 1. The fourth-order valence-corrected chi connectivity index (χ4v) is 5.29. The van der Waals surface area contributed by atoms with Crippen LogP contribution in [0.3, 0.4) is 0 Å². The van der Waals surface area contributed by atoms with Crippen LogP contribution in [0.1, 0.15) is 62.5 Å².